The fourth-order valence-electron chi connectivity index (χ4n) is 2.20. The van der Waals surface area contributed by atoms with Crippen LogP contribution in [0.1, 0.15) is 26.2 Å². The largest absolute Gasteiger partial charge is 0.453 e. The summed E-state index contributed by atoms with van der Waals surface area (Å²) in [5.74, 6) is -2.95. The average Bonchev–Trinajstić information content (AvgIpc) is 2.95. The van der Waals surface area contributed by atoms with Crippen molar-refractivity contribution in [3.8, 4) is 0 Å². The van der Waals surface area contributed by atoms with E-state index >= 15 is 0 Å². The summed E-state index contributed by atoms with van der Waals surface area (Å²) < 4.78 is 30.9. The van der Waals surface area contributed by atoms with Gasteiger partial charge in [-0.3, -0.25) is 9.59 Å². The Bertz CT molecular complexity index is 601. The summed E-state index contributed by atoms with van der Waals surface area (Å²) in [6, 6.07) is 3.01. The number of esters is 1. The normalized spacial score (nSPS) is 18.0. The molecule has 1 aromatic rings. The van der Waals surface area contributed by atoms with Crippen LogP contribution in [0.5, 0.6) is 0 Å². The Morgan fingerprint density at radius 3 is 2.77 bits per heavy atom. The van der Waals surface area contributed by atoms with Crippen molar-refractivity contribution in [3.63, 3.8) is 0 Å². The molecule has 118 valence electrons. The van der Waals surface area contributed by atoms with Gasteiger partial charge < -0.3 is 10.1 Å². The molecule has 1 N–H and O–H groups in total. The summed E-state index contributed by atoms with van der Waals surface area (Å²) in [6.07, 6.45) is 5.06. The van der Waals surface area contributed by atoms with Crippen LogP contribution in [0.3, 0.4) is 0 Å². The minimum absolute atomic E-state index is 0.102. The smallest absolute Gasteiger partial charge is 0.307 e. The van der Waals surface area contributed by atoms with Crippen LogP contribution in [0, 0.1) is 17.6 Å². The summed E-state index contributed by atoms with van der Waals surface area (Å²) in [5.41, 5.74) is 0.102. The molecular formula is C16H17F2NO3. The van der Waals surface area contributed by atoms with Crippen LogP contribution >= 0.6 is 0 Å². The minimum atomic E-state index is -1.06. The third-order valence-electron chi connectivity index (χ3n) is 3.41. The van der Waals surface area contributed by atoms with Crippen LogP contribution in [0.25, 0.3) is 0 Å². The maximum Gasteiger partial charge on any atom is 0.307 e. The lowest BCUT2D eigenvalue weighted by atomic mass is 10.1. The van der Waals surface area contributed by atoms with Gasteiger partial charge in [0, 0.05) is 11.8 Å². The Kier molecular flexibility index (Phi) is 5.25. The predicted molar refractivity (Wildman–Crippen MR) is 77.0 cm³/mol. The molecule has 0 aliphatic heterocycles. The molecule has 0 saturated carbocycles. The van der Waals surface area contributed by atoms with Crippen molar-refractivity contribution in [1.82, 2.24) is 0 Å². The van der Waals surface area contributed by atoms with Crippen molar-refractivity contribution in [3.05, 3.63) is 42.0 Å². The number of allylic oxidation sites excluding steroid dienone is 2. The molecule has 1 amide bonds. The summed E-state index contributed by atoms with van der Waals surface area (Å²) in [5, 5.41) is 2.37. The molecule has 22 heavy (non-hydrogen) atoms. The zero-order valence-corrected chi connectivity index (χ0v) is 12.1. The maximum absolute atomic E-state index is 13.1. The Labute approximate surface area is 127 Å². The van der Waals surface area contributed by atoms with Crippen LogP contribution in [-0.2, 0) is 14.3 Å². The molecule has 1 aromatic carbocycles. The number of nitrogens with one attached hydrogen (secondary N) is 1. The van der Waals surface area contributed by atoms with Gasteiger partial charge in [-0.2, -0.15) is 0 Å². The Hall–Kier alpha value is -2.24. The molecule has 1 aliphatic rings. The molecule has 4 nitrogen and oxygen atoms in total. The van der Waals surface area contributed by atoms with E-state index in [2.05, 4.69) is 5.32 Å². The highest BCUT2D eigenvalue weighted by Crippen LogP contribution is 2.21. The molecular weight excluding hydrogens is 292 g/mol. The van der Waals surface area contributed by atoms with Crippen molar-refractivity contribution in [1.29, 1.82) is 0 Å². The van der Waals surface area contributed by atoms with Crippen LogP contribution < -0.4 is 5.32 Å². The van der Waals surface area contributed by atoms with Gasteiger partial charge >= 0.3 is 5.97 Å². The van der Waals surface area contributed by atoms with Gasteiger partial charge in [-0.25, -0.2) is 8.78 Å². The first kappa shape index (κ1) is 16.1. The molecule has 0 spiro atoms. The van der Waals surface area contributed by atoms with E-state index in [-0.39, 0.29) is 18.0 Å². The van der Waals surface area contributed by atoms with Crippen LogP contribution in [0.4, 0.5) is 14.5 Å². The average molecular weight is 309 g/mol. The second-order valence-corrected chi connectivity index (χ2v) is 5.22. The molecule has 0 fully saturated rings. The summed E-state index contributed by atoms with van der Waals surface area (Å²) in [6.45, 7) is 1.43. The van der Waals surface area contributed by atoms with Gasteiger partial charge in [0.25, 0.3) is 5.91 Å². The molecule has 2 rings (SSSR count). The third kappa shape index (κ3) is 4.38. The number of halogens is 2. The van der Waals surface area contributed by atoms with Crippen LogP contribution in [0.2, 0.25) is 0 Å². The van der Waals surface area contributed by atoms with E-state index < -0.39 is 29.6 Å². The van der Waals surface area contributed by atoms with Gasteiger partial charge in [0.1, 0.15) is 0 Å². The Balaban J connectivity index is 1.84. The zero-order valence-electron chi connectivity index (χ0n) is 12.1. The Morgan fingerprint density at radius 1 is 1.36 bits per heavy atom. The summed E-state index contributed by atoms with van der Waals surface area (Å²) >= 11 is 0. The fraction of sp³-hybridized carbons (Fsp3) is 0.375. The van der Waals surface area contributed by atoms with E-state index in [1.165, 1.54) is 13.0 Å². The van der Waals surface area contributed by atoms with Gasteiger partial charge in [-0.1, -0.05) is 12.2 Å². The molecule has 0 radical (unpaired) electrons. The van der Waals surface area contributed by atoms with Gasteiger partial charge in [0.15, 0.2) is 17.7 Å². The van der Waals surface area contributed by atoms with E-state index in [1.54, 1.807) is 0 Å². The number of hydrogen-bond acceptors (Lipinski definition) is 3. The lowest BCUT2D eigenvalue weighted by Crippen LogP contribution is -2.30. The lowest BCUT2D eigenvalue weighted by Gasteiger charge is -2.15. The minimum Gasteiger partial charge on any atom is -0.453 e. The van der Waals surface area contributed by atoms with Crippen molar-refractivity contribution in [2.45, 2.75) is 32.3 Å². The highest BCUT2D eigenvalue weighted by molar-refractivity contribution is 5.95. The SMILES string of the molecule is C[C@@H](OC(=O)C[C@H]1C=CCC1)C(=O)Nc1ccc(F)c(F)c1. The number of benzene rings is 1. The topological polar surface area (TPSA) is 55.4 Å². The number of carbonyl (C=O) groups excluding carboxylic acids is 2. The number of hydrogen-bond donors (Lipinski definition) is 1. The highest BCUT2D eigenvalue weighted by atomic mass is 19.2. The number of carbonyl (C=O) groups is 2. The molecule has 2 atom stereocenters. The van der Waals surface area contributed by atoms with Gasteiger partial charge in [-0.05, 0) is 37.8 Å². The fourth-order valence-corrected chi connectivity index (χ4v) is 2.20. The quantitative estimate of drug-likeness (QED) is 0.671. The predicted octanol–water partition coefficient (Wildman–Crippen LogP) is 3.19. The summed E-state index contributed by atoms with van der Waals surface area (Å²) in [7, 11) is 0. The Morgan fingerprint density at radius 2 is 2.14 bits per heavy atom. The zero-order chi connectivity index (χ0) is 16.1. The van der Waals surface area contributed by atoms with Crippen LogP contribution in [0.15, 0.2) is 30.4 Å². The standard InChI is InChI=1S/C16H17F2NO3/c1-10(22-15(20)8-11-4-2-3-5-11)16(21)19-12-6-7-13(17)14(18)9-12/h2,4,6-7,9-11H,3,5,8H2,1H3,(H,19,21)/t10-,11+/m1/s1. The van der Waals surface area contributed by atoms with Crippen molar-refractivity contribution in [2.24, 2.45) is 5.92 Å². The van der Waals surface area contributed by atoms with Gasteiger partial charge in [0.2, 0.25) is 0 Å². The second kappa shape index (κ2) is 7.15. The van der Waals surface area contributed by atoms with E-state index in [1.807, 2.05) is 12.2 Å². The summed E-state index contributed by atoms with van der Waals surface area (Å²) in [4.78, 5) is 23.6. The molecule has 0 saturated heterocycles. The van der Waals surface area contributed by atoms with E-state index in [4.69, 9.17) is 4.74 Å². The molecule has 0 bridgehead atoms. The first-order valence-corrected chi connectivity index (χ1v) is 7.08. The lowest BCUT2D eigenvalue weighted by molar-refractivity contribution is -0.153. The van der Waals surface area contributed by atoms with E-state index in [0.29, 0.717) is 0 Å². The highest BCUT2D eigenvalue weighted by Gasteiger charge is 2.21. The number of rotatable bonds is 5. The van der Waals surface area contributed by atoms with Crippen LogP contribution in [-0.4, -0.2) is 18.0 Å². The molecule has 0 aromatic heterocycles. The second-order valence-electron chi connectivity index (χ2n) is 5.22. The van der Waals surface area contributed by atoms with Gasteiger partial charge in [0.05, 0.1) is 6.42 Å². The number of ether oxygens (including phenoxy) is 1. The van der Waals surface area contributed by atoms with Crippen molar-refractivity contribution >= 4 is 17.6 Å². The molecule has 0 unspecified atom stereocenters. The first-order chi connectivity index (χ1) is 10.5. The molecule has 6 heteroatoms. The maximum atomic E-state index is 13.1. The number of amides is 1. The third-order valence-corrected chi connectivity index (χ3v) is 3.41. The number of anilines is 1. The van der Waals surface area contributed by atoms with Gasteiger partial charge in [-0.15, -0.1) is 0 Å². The van der Waals surface area contributed by atoms with Crippen molar-refractivity contribution < 1.29 is 23.1 Å². The first-order valence-electron chi connectivity index (χ1n) is 7.08. The van der Waals surface area contributed by atoms with Crippen molar-refractivity contribution in [2.75, 3.05) is 5.32 Å². The molecule has 0 heterocycles. The van der Waals surface area contributed by atoms with E-state index in [9.17, 15) is 18.4 Å². The van der Waals surface area contributed by atoms with E-state index in [0.717, 1.165) is 25.0 Å². The molecule has 1 aliphatic carbocycles. The monoisotopic (exact) mass is 309 g/mol.